The van der Waals surface area contributed by atoms with Crippen LogP contribution in [-0.4, -0.2) is 64.8 Å². The maximum Gasteiger partial charge on any atom is 0.410 e. The monoisotopic (exact) mass is 619 g/mol. The largest absolute Gasteiger partial charge is 0.444 e. The number of nitrogens with zero attached hydrogens (tertiary/aromatic N) is 3. The highest BCUT2D eigenvalue weighted by molar-refractivity contribution is 6.03. The molecule has 4 aromatic rings. The molecule has 1 aliphatic carbocycles. The summed E-state index contributed by atoms with van der Waals surface area (Å²) in [5.41, 5.74) is 6.64. The Morgan fingerprint density at radius 1 is 0.913 bits per heavy atom. The molecule has 6 rings (SSSR count). The molecule has 3 aromatic carbocycles. The van der Waals surface area contributed by atoms with Gasteiger partial charge >= 0.3 is 6.09 Å². The van der Waals surface area contributed by atoms with Crippen LogP contribution >= 0.6 is 0 Å². The van der Waals surface area contributed by atoms with Crippen LogP contribution in [0.5, 0.6) is 0 Å². The summed E-state index contributed by atoms with van der Waals surface area (Å²) in [5, 5.41) is 1.17. The molecule has 0 radical (unpaired) electrons. The van der Waals surface area contributed by atoms with Gasteiger partial charge in [-0.15, -0.1) is 0 Å². The number of fused-ring (bicyclic) bond motifs is 1. The first kappa shape index (κ1) is 31.6. The maximum absolute atomic E-state index is 14.8. The fourth-order valence-corrected chi connectivity index (χ4v) is 6.40. The zero-order chi connectivity index (χ0) is 32.3. The minimum absolute atomic E-state index is 0.00656. The van der Waals surface area contributed by atoms with E-state index in [2.05, 4.69) is 76.3 Å². The second kappa shape index (κ2) is 13.6. The zero-order valence-corrected chi connectivity index (χ0v) is 27.5. The fraction of sp³-hybridized carbons (Fsp3) is 0.385. The van der Waals surface area contributed by atoms with Crippen LogP contribution < -0.4 is 0 Å². The molecule has 0 atom stereocenters. The smallest absolute Gasteiger partial charge is 0.410 e. The Bertz CT molecular complexity index is 1730. The number of hydrogen-bond acceptors (Lipinski definition) is 4. The van der Waals surface area contributed by atoms with Crippen LogP contribution in [0.1, 0.15) is 57.6 Å². The van der Waals surface area contributed by atoms with Gasteiger partial charge in [0.1, 0.15) is 5.60 Å². The quantitative estimate of drug-likeness (QED) is 0.169. The van der Waals surface area contributed by atoms with Crippen LogP contribution in [0.25, 0.3) is 27.6 Å². The molecule has 0 N–H and O–H groups in total. The summed E-state index contributed by atoms with van der Waals surface area (Å²) >= 11 is 0. The molecule has 240 valence electrons. The molecule has 2 aliphatic rings. The fourth-order valence-electron chi connectivity index (χ4n) is 6.40. The van der Waals surface area contributed by atoms with Gasteiger partial charge in [-0.3, -0.25) is 4.79 Å². The lowest BCUT2D eigenvalue weighted by Crippen LogP contribution is -2.44. The summed E-state index contributed by atoms with van der Waals surface area (Å²) in [6.07, 6.45) is 5.29. The van der Waals surface area contributed by atoms with Crippen LogP contribution in [0, 0.1) is 0 Å². The Morgan fingerprint density at radius 2 is 1.63 bits per heavy atom. The number of benzene rings is 3. The van der Waals surface area contributed by atoms with Gasteiger partial charge in [-0.2, -0.15) is 0 Å². The van der Waals surface area contributed by atoms with Crippen molar-refractivity contribution in [2.75, 3.05) is 26.8 Å². The second-order valence-electron chi connectivity index (χ2n) is 13.4. The van der Waals surface area contributed by atoms with Gasteiger partial charge in [0.25, 0.3) is 5.91 Å². The molecule has 1 aromatic heterocycles. The van der Waals surface area contributed by atoms with Gasteiger partial charge in [0.2, 0.25) is 0 Å². The number of methoxy groups -OCH3 is 1. The lowest BCUT2D eigenvalue weighted by atomic mass is 9.90. The van der Waals surface area contributed by atoms with E-state index in [4.69, 9.17) is 9.47 Å². The van der Waals surface area contributed by atoms with Gasteiger partial charge in [-0.05, 0) is 86.4 Å². The summed E-state index contributed by atoms with van der Waals surface area (Å²) < 4.78 is 13.3. The number of para-hydroxylation sites is 1. The first-order valence-corrected chi connectivity index (χ1v) is 16.4. The van der Waals surface area contributed by atoms with E-state index in [0.717, 1.165) is 53.6 Å². The molecule has 0 unspecified atom stereocenters. The molecule has 1 saturated carbocycles. The second-order valence-corrected chi connectivity index (χ2v) is 13.4. The molecule has 1 aliphatic heterocycles. The van der Waals surface area contributed by atoms with Crippen molar-refractivity contribution < 1.29 is 19.1 Å². The standard InChI is InChI=1S/C39H45N3O4/c1-39(2,3)46-38(44)41-22-20-33(30-15-10-14-29(24-30)28-12-6-5-7-13-28)35(27-41)37(43)42(32-18-19-32)26-31-25-40(21-11-23-45-4)36-17-9-8-16-34(31)36/h5-10,12-17,24-25,32H,11,18-23,26-27H2,1-4H3. The molecule has 0 saturated heterocycles. The number of rotatable bonds is 10. The lowest BCUT2D eigenvalue weighted by molar-refractivity contribution is -0.128. The number of amides is 2. The first-order valence-electron chi connectivity index (χ1n) is 16.4. The van der Waals surface area contributed by atoms with Crippen molar-refractivity contribution in [2.45, 2.75) is 71.2 Å². The molecular formula is C39H45N3O4. The van der Waals surface area contributed by atoms with Crippen molar-refractivity contribution in [2.24, 2.45) is 0 Å². The molecule has 0 bridgehead atoms. The molecule has 46 heavy (non-hydrogen) atoms. The Labute approximate surface area is 272 Å². The van der Waals surface area contributed by atoms with Crippen molar-refractivity contribution in [1.29, 1.82) is 0 Å². The van der Waals surface area contributed by atoms with E-state index < -0.39 is 5.60 Å². The number of aryl methyl sites for hydroxylation is 1. The molecule has 0 spiro atoms. The minimum Gasteiger partial charge on any atom is -0.444 e. The molecule has 2 heterocycles. The summed E-state index contributed by atoms with van der Waals surface area (Å²) in [7, 11) is 1.73. The third kappa shape index (κ3) is 7.20. The van der Waals surface area contributed by atoms with E-state index in [-0.39, 0.29) is 24.6 Å². The predicted molar refractivity (Wildman–Crippen MR) is 183 cm³/mol. The van der Waals surface area contributed by atoms with E-state index in [9.17, 15) is 9.59 Å². The highest BCUT2D eigenvalue weighted by Crippen LogP contribution is 2.36. The summed E-state index contributed by atoms with van der Waals surface area (Å²) in [6, 6.07) is 27.3. The molecule has 1 fully saturated rings. The van der Waals surface area contributed by atoms with E-state index in [1.807, 2.05) is 39.0 Å². The average Bonchev–Trinajstić information content (AvgIpc) is 3.85. The van der Waals surface area contributed by atoms with Crippen LogP contribution in [0.15, 0.2) is 90.6 Å². The van der Waals surface area contributed by atoms with Crippen molar-refractivity contribution in [3.8, 4) is 11.1 Å². The van der Waals surface area contributed by atoms with Crippen LogP contribution in [-0.2, 0) is 27.4 Å². The van der Waals surface area contributed by atoms with Gasteiger partial charge in [0.15, 0.2) is 0 Å². The summed E-state index contributed by atoms with van der Waals surface area (Å²) in [4.78, 5) is 31.8. The highest BCUT2D eigenvalue weighted by atomic mass is 16.6. The van der Waals surface area contributed by atoms with Crippen LogP contribution in [0.2, 0.25) is 0 Å². The Hall–Kier alpha value is -4.36. The Kier molecular flexibility index (Phi) is 9.32. The van der Waals surface area contributed by atoms with Gasteiger partial charge in [-0.1, -0.05) is 66.7 Å². The van der Waals surface area contributed by atoms with E-state index in [1.54, 1.807) is 12.0 Å². The Balaban J connectivity index is 1.37. The number of hydrogen-bond donors (Lipinski definition) is 0. The summed E-state index contributed by atoms with van der Waals surface area (Å²) in [5.74, 6) is 0.00656. The number of carbonyl (C=O) groups is 2. The van der Waals surface area contributed by atoms with Gasteiger partial charge in [0.05, 0.1) is 6.54 Å². The van der Waals surface area contributed by atoms with Crippen molar-refractivity contribution >= 4 is 28.5 Å². The SMILES string of the molecule is COCCCn1cc(CN(C(=O)C2=C(c3cccc(-c4ccccc4)c3)CCN(C(=O)OC(C)(C)C)C2)C2CC2)c2ccccc21. The van der Waals surface area contributed by atoms with E-state index in [0.29, 0.717) is 31.7 Å². The molecule has 7 heteroatoms. The van der Waals surface area contributed by atoms with Crippen molar-refractivity contribution in [1.82, 2.24) is 14.4 Å². The maximum atomic E-state index is 14.8. The van der Waals surface area contributed by atoms with Gasteiger partial charge in [0, 0.05) is 62.1 Å². The number of aromatic nitrogens is 1. The van der Waals surface area contributed by atoms with Crippen molar-refractivity contribution in [3.63, 3.8) is 0 Å². The third-order valence-corrected chi connectivity index (χ3v) is 8.78. The highest BCUT2D eigenvalue weighted by Gasteiger charge is 2.38. The van der Waals surface area contributed by atoms with E-state index >= 15 is 0 Å². The van der Waals surface area contributed by atoms with Crippen molar-refractivity contribution in [3.05, 3.63) is 102 Å². The molecule has 2 amide bonds. The predicted octanol–water partition coefficient (Wildman–Crippen LogP) is 7.93. The summed E-state index contributed by atoms with van der Waals surface area (Å²) in [6.45, 7) is 8.41. The third-order valence-electron chi connectivity index (χ3n) is 8.78. The minimum atomic E-state index is -0.618. The normalized spacial score (nSPS) is 15.3. The zero-order valence-electron chi connectivity index (χ0n) is 27.5. The van der Waals surface area contributed by atoms with Crippen LogP contribution in [0.4, 0.5) is 4.79 Å². The Morgan fingerprint density at radius 3 is 2.37 bits per heavy atom. The molecule has 7 nitrogen and oxygen atoms in total. The van der Waals surface area contributed by atoms with E-state index in [1.165, 1.54) is 10.9 Å². The van der Waals surface area contributed by atoms with Crippen LogP contribution in [0.3, 0.4) is 0 Å². The topological polar surface area (TPSA) is 64.0 Å². The number of ether oxygens (including phenoxy) is 2. The average molecular weight is 620 g/mol. The van der Waals surface area contributed by atoms with Gasteiger partial charge < -0.3 is 23.8 Å². The van der Waals surface area contributed by atoms with Gasteiger partial charge in [-0.25, -0.2) is 4.79 Å². The molecular weight excluding hydrogens is 574 g/mol. The lowest BCUT2D eigenvalue weighted by Gasteiger charge is -2.34. The number of carbonyl (C=O) groups excluding carboxylic acids is 2. The first-order chi connectivity index (χ1) is 22.2.